The third-order valence-electron chi connectivity index (χ3n) is 7.33. The number of aliphatic hydroxyl groups is 1. The zero-order valence-corrected chi connectivity index (χ0v) is 12.3. The lowest BCUT2D eigenvalue weighted by molar-refractivity contribution is -0.0533. The van der Waals surface area contributed by atoms with E-state index in [0.717, 1.165) is 30.1 Å². The van der Waals surface area contributed by atoms with Gasteiger partial charge < -0.3 is 5.11 Å². The number of allylic oxidation sites excluding steroid dienone is 2. The maximum atomic E-state index is 10.4. The smallest absolute Gasteiger partial charge is 0.0596 e. The molecule has 106 valence electrons. The van der Waals surface area contributed by atoms with Crippen LogP contribution < -0.4 is 0 Å². The zero-order valence-electron chi connectivity index (χ0n) is 12.3. The number of fused-ring (bicyclic) bond motifs is 5. The molecule has 4 rings (SSSR count). The van der Waals surface area contributed by atoms with Crippen molar-refractivity contribution in [1.29, 1.82) is 0 Å². The quantitative estimate of drug-likeness (QED) is 0.643. The van der Waals surface area contributed by atoms with Gasteiger partial charge >= 0.3 is 0 Å². The van der Waals surface area contributed by atoms with Crippen LogP contribution in [0.3, 0.4) is 0 Å². The Balaban J connectivity index is 1.63. The Morgan fingerprint density at radius 2 is 2.00 bits per heavy atom. The Morgan fingerprint density at radius 1 is 1.11 bits per heavy atom. The second-order valence-corrected chi connectivity index (χ2v) is 7.93. The van der Waals surface area contributed by atoms with Gasteiger partial charge in [0.1, 0.15) is 0 Å². The lowest BCUT2D eigenvalue weighted by atomic mass is 9.52. The molecule has 0 bridgehead atoms. The minimum Gasteiger partial charge on any atom is -0.393 e. The summed E-state index contributed by atoms with van der Waals surface area (Å²) in [6.45, 7) is 2.39. The number of hydrogen-bond donors (Lipinski definition) is 1. The van der Waals surface area contributed by atoms with E-state index in [9.17, 15) is 5.11 Å². The van der Waals surface area contributed by atoms with Crippen molar-refractivity contribution >= 4 is 0 Å². The van der Waals surface area contributed by atoms with Gasteiger partial charge in [0.05, 0.1) is 6.10 Å². The van der Waals surface area contributed by atoms with Crippen molar-refractivity contribution < 1.29 is 5.11 Å². The number of hydrogen-bond acceptors (Lipinski definition) is 1. The monoisotopic (exact) mass is 260 g/mol. The molecule has 3 saturated carbocycles. The van der Waals surface area contributed by atoms with E-state index in [1.54, 1.807) is 0 Å². The summed E-state index contributed by atoms with van der Waals surface area (Å²) in [5.74, 6) is 3.64. The van der Waals surface area contributed by atoms with Gasteiger partial charge in [-0.15, -0.1) is 0 Å². The highest BCUT2D eigenvalue weighted by Gasteiger charge is 2.55. The molecule has 0 heterocycles. The molecule has 19 heavy (non-hydrogen) atoms. The molecule has 0 spiro atoms. The standard InChI is InChI=1S/C18H28O/c1-18-11-10-14-13-5-3-2-4-12(13)6-7-15(14)16(18)8-9-17(18)19/h4,13-17,19H,2-3,5-11H2,1H3/t13-,14-,15+,16+,17+,18+/m1/s1. The van der Waals surface area contributed by atoms with Crippen LogP contribution in [0.25, 0.3) is 0 Å². The molecule has 1 heteroatoms. The summed E-state index contributed by atoms with van der Waals surface area (Å²) in [7, 11) is 0. The van der Waals surface area contributed by atoms with Gasteiger partial charge in [0.2, 0.25) is 0 Å². The van der Waals surface area contributed by atoms with Crippen LogP contribution in [0.5, 0.6) is 0 Å². The van der Waals surface area contributed by atoms with Gasteiger partial charge in [-0.3, -0.25) is 0 Å². The normalized spacial score (nSPS) is 52.9. The van der Waals surface area contributed by atoms with E-state index in [-0.39, 0.29) is 11.5 Å². The average Bonchev–Trinajstić information content (AvgIpc) is 2.75. The fraction of sp³-hybridized carbons (Fsp3) is 0.889. The fourth-order valence-corrected chi connectivity index (χ4v) is 6.28. The highest BCUT2D eigenvalue weighted by atomic mass is 16.3. The highest BCUT2D eigenvalue weighted by Crippen LogP contribution is 2.61. The van der Waals surface area contributed by atoms with E-state index < -0.39 is 0 Å². The molecule has 0 unspecified atom stereocenters. The molecule has 4 aliphatic rings. The largest absolute Gasteiger partial charge is 0.393 e. The van der Waals surface area contributed by atoms with Crippen LogP contribution in [0.15, 0.2) is 11.6 Å². The van der Waals surface area contributed by atoms with Crippen molar-refractivity contribution in [3.05, 3.63) is 11.6 Å². The summed E-state index contributed by atoms with van der Waals surface area (Å²) in [6.07, 6.45) is 14.6. The summed E-state index contributed by atoms with van der Waals surface area (Å²) in [6, 6.07) is 0. The lowest BCUT2D eigenvalue weighted by Crippen LogP contribution is -2.47. The molecule has 0 aromatic carbocycles. The number of aliphatic hydroxyl groups excluding tert-OH is 1. The molecule has 1 nitrogen and oxygen atoms in total. The van der Waals surface area contributed by atoms with Gasteiger partial charge in [0.15, 0.2) is 0 Å². The van der Waals surface area contributed by atoms with Gasteiger partial charge in [-0.2, -0.15) is 0 Å². The van der Waals surface area contributed by atoms with Crippen molar-refractivity contribution in [1.82, 2.24) is 0 Å². The van der Waals surface area contributed by atoms with Crippen molar-refractivity contribution in [2.24, 2.45) is 29.1 Å². The Bertz CT molecular complexity index is 398. The molecule has 0 amide bonds. The van der Waals surface area contributed by atoms with Gasteiger partial charge in [-0.25, -0.2) is 0 Å². The molecular formula is C18H28O. The summed E-state index contributed by atoms with van der Waals surface area (Å²) in [5.41, 5.74) is 2.08. The summed E-state index contributed by atoms with van der Waals surface area (Å²) < 4.78 is 0. The Hall–Kier alpha value is -0.300. The maximum absolute atomic E-state index is 10.4. The number of rotatable bonds is 0. The average molecular weight is 260 g/mol. The minimum absolute atomic E-state index is 0.0123. The van der Waals surface area contributed by atoms with Crippen molar-refractivity contribution in [3.63, 3.8) is 0 Å². The summed E-state index contributed by atoms with van der Waals surface area (Å²) in [4.78, 5) is 0. The van der Waals surface area contributed by atoms with Crippen LogP contribution in [-0.2, 0) is 0 Å². The highest BCUT2D eigenvalue weighted by molar-refractivity contribution is 5.18. The molecule has 0 radical (unpaired) electrons. The van der Waals surface area contributed by atoms with Crippen molar-refractivity contribution in [3.8, 4) is 0 Å². The molecule has 0 aromatic rings. The van der Waals surface area contributed by atoms with E-state index in [2.05, 4.69) is 13.0 Å². The first-order valence-corrected chi connectivity index (χ1v) is 8.57. The van der Waals surface area contributed by atoms with Crippen LogP contribution in [0, 0.1) is 29.1 Å². The molecule has 6 atom stereocenters. The van der Waals surface area contributed by atoms with E-state index in [0.29, 0.717) is 0 Å². The predicted octanol–water partition coefficient (Wildman–Crippen LogP) is 4.31. The van der Waals surface area contributed by atoms with E-state index in [1.807, 2.05) is 5.57 Å². The first-order valence-electron chi connectivity index (χ1n) is 8.57. The summed E-state index contributed by atoms with van der Waals surface area (Å²) in [5, 5.41) is 10.4. The predicted molar refractivity (Wildman–Crippen MR) is 77.7 cm³/mol. The molecule has 4 aliphatic carbocycles. The molecule has 3 fully saturated rings. The topological polar surface area (TPSA) is 20.2 Å². The van der Waals surface area contributed by atoms with E-state index in [4.69, 9.17) is 0 Å². The second-order valence-electron chi connectivity index (χ2n) is 7.93. The Labute approximate surface area is 117 Å². The van der Waals surface area contributed by atoms with Gasteiger partial charge in [0, 0.05) is 0 Å². The van der Waals surface area contributed by atoms with Crippen LogP contribution in [0.1, 0.15) is 64.7 Å². The maximum Gasteiger partial charge on any atom is 0.0596 e. The fourth-order valence-electron chi connectivity index (χ4n) is 6.28. The van der Waals surface area contributed by atoms with Gasteiger partial charge in [-0.1, -0.05) is 18.6 Å². The molecular weight excluding hydrogens is 232 g/mol. The minimum atomic E-state index is -0.0123. The molecule has 0 aliphatic heterocycles. The SMILES string of the molecule is C[C@]12CC[C@H]3[C@H](CCC4=CCCC[C@H]43)[C@@H]1CC[C@@H]2O. The Morgan fingerprint density at radius 3 is 2.89 bits per heavy atom. The van der Waals surface area contributed by atoms with Crippen LogP contribution in [0.2, 0.25) is 0 Å². The van der Waals surface area contributed by atoms with Crippen molar-refractivity contribution in [2.45, 2.75) is 70.8 Å². The molecule has 0 saturated heterocycles. The van der Waals surface area contributed by atoms with Gasteiger partial charge in [-0.05, 0) is 86.9 Å². The molecule has 1 N–H and O–H groups in total. The van der Waals surface area contributed by atoms with Crippen LogP contribution in [-0.4, -0.2) is 11.2 Å². The zero-order chi connectivity index (χ0) is 13.0. The van der Waals surface area contributed by atoms with Crippen LogP contribution in [0.4, 0.5) is 0 Å². The Kier molecular flexibility index (Phi) is 2.85. The van der Waals surface area contributed by atoms with Crippen molar-refractivity contribution in [2.75, 3.05) is 0 Å². The first kappa shape index (κ1) is 12.4. The third-order valence-corrected chi connectivity index (χ3v) is 7.33. The second kappa shape index (κ2) is 4.35. The third kappa shape index (κ3) is 1.70. The summed E-state index contributed by atoms with van der Waals surface area (Å²) >= 11 is 0. The molecule has 0 aromatic heterocycles. The van der Waals surface area contributed by atoms with Gasteiger partial charge in [0.25, 0.3) is 0 Å². The van der Waals surface area contributed by atoms with Crippen LogP contribution >= 0.6 is 0 Å². The van der Waals surface area contributed by atoms with E-state index >= 15 is 0 Å². The first-order chi connectivity index (χ1) is 9.20. The lowest BCUT2D eigenvalue weighted by Gasteiger charge is -2.53. The van der Waals surface area contributed by atoms with E-state index in [1.165, 1.54) is 51.4 Å².